The quantitative estimate of drug-likeness (QED) is 0.838. The first-order valence-corrected chi connectivity index (χ1v) is 8.33. The number of hydrogen-bond donors (Lipinski definition) is 0. The molecular formula is C18H21N3O3. The van der Waals surface area contributed by atoms with Gasteiger partial charge in [0.15, 0.2) is 0 Å². The third-order valence-corrected chi connectivity index (χ3v) is 4.74. The zero-order valence-corrected chi connectivity index (χ0v) is 13.8. The van der Waals surface area contributed by atoms with Crippen LogP contribution < -0.4 is 0 Å². The largest absolute Gasteiger partial charge is 0.441 e. The normalized spacial score (nSPS) is 21.5. The molecule has 0 bridgehead atoms. The minimum atomic E-state index is -0.194. The van der Waals surface area contributed by atoms with Gasteiger partial charge in [0.1, 0.15) is 17.5 Å². The summed E-state index contributed by atoms with van der Waals surface area (Å²) in [5, 5.41) is 0. The summed E-state index contributed by atoms with van der Waals surface area (Å²) in [6.07, 6.45) is 0.707. The molecule has 126 valence electrons. The van der Waals surface area contributed by atoms with Crippen LogP contribution in [0.4, 0.5) is 0 Å². The van der Waals surface area contributed by atoms with Crippen LogP contribution in [0.1, 0.15) is 11.5 Å². The number of rotatable bonds is 2. The van der Waals surface area contributed by atoms with Crippen LogP contribution in [0.2, 0.25) is 0 Å². The van der Waals surface area contributed by atoms with Gasteiger partial charge in [0.2, 0.25) is 11.8 Å². The lowest BCUT2D eigenvalue weighted by atomic mass is 10.1. The Bertz CT molecular complexity index is 728. The number of carbonyl (C=O) groups is 1. The van der Waals surface area contributed by atoms with Gasteiger partial charge in [-0.25, -0.2) is 4.98 Å². The molecule has 6 nitrogen and oxygen atoms in total. The van der Waals surface area contributed by atoms with Gasteiger partial charge in [-0.05, 0) is 19.2 Å². The van der Waals surface area contributed by atoms with Crippen LogP contribution in [0.15, 0.2) is 34.7 Å². The molecule has 0 aliphatic carbocycles. The van der Waals surface area contributed by atoms with Crippen molar-refractivity contribution in [2.45, 2.75) is 19.0 Å². The fourth-order valence-electron chi connectivity index (χ4n) is 3.25. The molecule has 4 rings (SSSR count). The van der Waals surface area contributed by atoms with Crippen molar-refractivity contribution < 1.29 is 13.9 Å². The maximum Gasteiger partial charge on any atom is 0.242 e. The molecule has 2 aromatic rings. The summed E-state index contributed by atoms with van der Waals surface area (Å²) in [6, 6.07) is 9.67. The van der Waals surface area contributed by atoms with Crippen molar-refractivity contribution in [3.05, 3.63) is 41.8 Å². The molecule has 0 N–H and O–H groups in total. The van der Waals surface area contributed by atoms with Gasteiger partial charge in [-0.3, -0.25) is 9.69 Å². The molecule has 1 atom stereocenters. The van der Waals surface area contributed by atoms with E-state index in [2.05, 4.69) is 9.88 Å². The van der Waals surface area contributed by atoms with Gasteiger partial charge in [0.05, 0.1) is 19.8 Å². The number of likely N-dealkylation sites (N-methyl/N-ethyl adjacent to an activating group) is 1. The summed E-state index contributed by atoms with van der Waals surface area (Å²) in [5.41, 5.74) is 1.83. The highest BCUT2D eigenvalue weighted by atomic mass is 16.5. The summed E-state index contributed by atoms with van der Waals surface area (Å²) in [4.78, 5) is 21.3. The standard InChI is InChI=1S/C18H21N3O3/c1-20-9-10-23-12-15(20)18(22)21-8-7-16-14(11-21)19-17(24-16)13-5-3-2-4-6-13/h2-6,15H,7-12H2,1H3/t15-/m1/s1. The molecule has 3 heterocycles. The molecule has 1 saturated heterocycles. The van der Waals surface area contributed by atoms with Gasteiger partial charge in [-0.1, -0.05) is 18.2 Å². The smallest absolute Gasteiger partial charge is 0.242 e. The van der Waals surface area contributed by atoms with Crippen molar-refractivity contribution in [2.75, 3.05) is 33.4 Å². The van der Waals surface area contributed by atoms with Crippen LogP contribution in [0, 0.1) is 0 Å². The van der Waals surface area contributed by atoms with E-state index in [1.165, 1.54) is 0 Å². The van der Waals surface area contributed by atoms with E-state index >= 15 is 0 Å². The molecule has 0 spiro atoms. The van der Waals surface area contributed by atoms with Crippen LogP contribution in [-0.4, -0.2) is 60.1 Å². The maximum atomic E-state index is 12.8. The van der Waals surface area contributed by atoms with E-state index in [9.17, 15) is 4.79 Å². The zero-order chi connectivity index (χ0) is 16.5. The summed E-state index contributed by atoms with van der Waals surface area (Å²) in [7, 11) is 1.98. The van der Waals surface area contributed by atoms with Crippen LogP contribution >= 0.6 is 0 Å². The van der Waals surface area contributed by atoms with E-state index in [0.717, 1.165) is 23.6 Å². The van der Waals surface area contributed by atoms with E-state index in [1.54, 1.807) is 0 Å². The number of morpholine rings is 1. The van der Waals surface area contributed by atoms with Crippen LogP contribution in [0.3, 0.4) is 0 Å². The van der Waals surface area contributed by atoms with Crippen molar-refractivity contribution >= 4 is 5.91 Å². The molecule has 2 aliphatic rings. The Morgan fingerprint density at radius 2 is 2.08 bits per heavy atom. The van der Waals surface area contributed by atoms with E-state index < -0.39 is 0 Å². The molecule has 24 heavy (non-hydrogen) atoms. The molecule has 0 radical (unpaired) electrons. The minimum absolute atomic E-state index is 0.118. The number of carbonyl (C=O) groups excluding carboxylic acids is 1. The van der Waals surface area contributed by atoms with Crippen molar-refractivity contribution in [2.24, 2.45) is 0 Å². The van der Waals surface area contributed by atoms with Crippen molar-refractivity contribution in [3.8, 4) is 11.5 Å². The second-order valence-corrected chi connectivity index (χ2v) is 6.34. The highest BCUT2D eigenvalue weighted by molar-refractivity contribution is 5.82. The van der Waals surface area contributed by atoms with Gasteiger partial charge < -0.3 is 14.1 Å². The number of amides is 1. The number of benzene rings is 1. The van der Waals surface area contributed by atoms with Gasteiger partial charge in [-0.2, -0.15) is 0 Å². The SMILES string of the molecule is CN1CCOC[C@@H]1C(=O)N1CCc2oc(-c3ccccc3)nc2C1. The highest BCUT2D eigenvalue weighted by Crippen LogP contribution is 2.26. The lowest BCUT2D eigenvalue weighted by molar-refractivity contribution is -0.143. The second-order valence-electron chi connectivity index (χ2n) is 6.34. The number of nitrogens with zero attached hydrogens (tertiary/aromatic N) is 3. The third-order valence-electron chi connectivity index (χ3n) is 4.74. The number of ether oxygens (including phenoxy) is 1. The summed E-state index contributed by atoms with van der Waals surface area (Å²) < 4.78 is 11.4. The van der Waals surface area contributed by atoms with E-state index in [4.69, 9.17) is 9.15 Å². The van der Waals surface area contributed by atoms with E-state index in [-0.39, 0.29) is 11.9 Å². The minimum Gasteiger partial charge on any atom is -0.441 e. The monoisotopic (exact) mass is 327 g/mol. The van der Waals surface area contributed by atoms with Crippen LogP contribution in [0.25, 0.3) is 11.5 Å². The summed E-state index contributed by atoms with van der Waals surface area (Å²) >= 11 is 0. The van der Waals surface area contributed by atoms with Crippen molar-refractivity contribution in [1.29, 1.82) is 0 Å². The van der Waals surface area contributed by atoms with Gasteiger partial charge in [-0.15, -0.1) is 0 Å². The van der Waals surface area contributed by atoms with Gasteiger partial charge in [0, 0.05) is 25.1 Å². The fraction of sp³-hybridized carbons (Fsp3) is 0.444. The molecule has 1 fully saturated rings. The molecule has 0 saturated carbocycles. The number of fused-ring (bicyclic) bond motifs is 1. The van der Waals surface area contributed by atoms with Crippen LogP contribution in [0.5, 0.6) is 0 Å². The average molecular weight is 327 g/mol. The Morgan fingerprint density at radius 1 is 1.25 bits per heavy atom. The van der Waals surface area contributed by atoms with E-state index in [0.29, 0.717) is 38.6 Å². The maximum absolute atomic E-state index is 12.8. The number of hydrogen-bond acceptors (Lipinski definition) is 5. The zero-order valence-electron chi connectivity index (χ0n) is 13.8. The fourth-order valence-corrected chi connectivity index (χ4v) is 3.25. The topological polar surface area (TPSA) is 58.8 Å². The molecule has 2 aliphatic heterocycles. The van der Waals surface area contributed by atoms with E-state index in [1.807, 2.05) is 42.3 Å². The summed E-state index contributed by atoms with van der Waals surface area (Å²) in [6.45, 7) is 3.12. The molecule has 0 unspecified atom stereocenters. The first kappa shape index (κ1) is 15.4. The predicted octanol–water partition coefficient (Wildman–Crippen LogP) is 1.56. The molecule has 1 amide bonds. The molecule has 1 aromatic carbocycles. The third kappa shape index (κ3) is 2.83. The van der Waals surface area contributed by atoms with Crippen LogP contribution in [-0.2, 0) is 22.5 Å². The lowest BCUT2D eigenvalue weighted by Gasteiger charge is -2.36. The summed E-state index contributed by atoms with van der Waals surface area (Å²) in [5.74, 6) is 1.64. The average Bonchev–Trinajstić information content (AvgIpc) is 3.05. The number of aromatic nitrogens is 1. The Hall–Kier alpha value is -2.18. The van der Waals surface area contributed by atoms with Gasteiger partial charge >= 0.3 is 0 Å². The lowest BCUT2D eigenvalue weighted by Crippen LogP contribution is -2.54. The Labute approximate surface area is 141 Å². The Morgan fingerprint density at radius 3 is 2.88 bits per heavy atom. The number of oxazole rings is 1. The highest BCUT2D eigenvalue weighted by Gasteiger charge is 2.33. The van der Waals surface area contributed by atoms with Crippen molar-refractivity contribution in [3.63, 3.8) is 0 Å². The van der Waals surface area contributed by atoms with Crippen molar-refractivity contribution in [1.82, 2.24) is 14.8 Å². The predicted molar refractivity (Wildman–Crippen MR) is 88.3 cm³/mol. The molecule has 1 aromatic heterocycles. The molecule has 6 heteroatoms. The second kappa shape index (κ2) is 6.37. The van der Waals surface area contributed by atoms with Gasteiger partial charge in [0.25, 0.3) is 0 Å². The first-order chi connectivity index (χ1) is 11.7. The Balaban J connectivity index is 1.51. The molecular weight excluding hydrogens is 306 g/mol. The first-order valence-electron chi connectivity index (χ1n) is 8.33. The Kier molecular flexibility index (Phi) is 4.08.